The second-order valence-corrected chi connectivity index (χ2v) is 8.36. The third-order valence-corrected chi connectivity index (χ3v) is 5.90. The van der Waals surface area contributed by atoms with Crippen LogP contribution >= 0.6 is 0 Å². The van der Waals surface area contributed by atoms with Crippen molar-refractivity contribution in [1.29, 1.82) is 0 Å². The molecule has 0 bridgehead atoms. The van der Waals surface area contributed by atoms with E-state index in [0.29, 0.717) is 5.82 Å². The average molecular weight is 489 g/mol. The zero-order valence-corrected chi connectivity index (χ0v) is 18.2. The number of halogens is 6. The highest BCUT2D eigenvalue weighted by molar-refractivity contribution is 5.94. The molecule has 0 unspecified atom stereocenters. The molecular weight excluding hydrogens is 472 g/mol. The van der Waals surface area contributed by atoms with Crippen molar-refractivity contribution >= 4 is 28.2 Å². The van der Waals surface area contributed by atoms with Crippen molar-refractivity contribution in [2.24, 2.45) is 5.41 Å². The maximum absolute atomic E-state index is 15.0. The molecule has 1 aliphatic carbocycles. The number of anilines is 2. The molecule has 2 heterocycles. The lowest BCUT2D eigenvalue weighted by molar-refractivity contribution is 0.0921. The first-order chi connectivity index (χ1) is 16.7. The summed E-state index contributed by atoms with van der Waals surface area (Å²) < 4.78 is 84.8. The minimum absolute atomic E-state index is 0.0235. The first-order valence-electron chi connectivity index (χ1n) is 10.7. The van der Waals surface area contributed by atoms with Gasteiger partial charge in [-0.15, -0.1) is 10.2 Å². The highest BCUT2D eigenvalue weighted by atomic mass is 19.3. The molecule has 0 aliphatic heterocycles. The van der Waals surface area contributed by atoms with Gasteiger partial charge in [0.05, 0.1) is 22.9 Å². The maximum atomic E-state index is 15.0. The molecule has 0 spiro atoms. The highest BCUT2D eigenvalue weighted by Gasteiger charge is 2.50. The van der Waals surface area contributed by atoms with Crippen molar-refractivity contribution < 1.29 is 26.3 Å². The van der Waals surface area contributed by atoms with Crippen molar-refractivity contribution in [3.05, 3.63) is 59.4 Å². The van der Waals surface area contributed by atoms with E-state index in [-0.39, 0.29) is 46.6 Å². The maximum Gasteiger partial charge on any atom is 0.257 e. The van der Waals surface area contributed by atoms with Gasteiger partial charge in [0.15, 0.2) is 0 Å². The summed E-state index contributed by atoms with van der Waals surface area (Å²) in [4.78, 5) is 5.24. The summed E-state index contributed by atoms with van der Waals surface area (Å²) in [7, 11) is 0. The Morgan fingerprint density at radius 2 is 1.86 bits per heavy atom. The van der Waals surface area contributed by atoms with Crippen LogP contribution in [0, 0.1) is 35.8 Å². The van der Waals surface area contributed by atoms with Gasteiger partial charge in [0.25, 0.3) is 18.6 Å². The second-order valence-electron chi connectivity index (χ2n) is 8.36. The molecule has 5 rings (SSSR count). The van der Waals surface area contributed by atoms with Crippen LogP contribution in [0.4, 0.5) is 37.8 Å². The fourth-order valence-corrected chi connectivity index (χ4v) is 3.96. The van der Waals surface area contributed by atoms with Crippen molar-refractivity contribution in [3.8, 4) is 11.8 Å². The predicted molar refractivity (Wildman–Crippen MR) is 117 cm³/mol. The molecule has 0 atom stereocenters. The number of alkyl halides is 4. The Kier molecular flexibility index (Phi) is 5.54. The van der Waals surface area contributed by atoms with Crippen LogP contribution in [0.3, 0.4) is 0 Å². The van der Waals surface area contributed by atoms with Gasteiger partial charge < -0.3 is 4.90 Å². The third-order valence-electron chi connectivity index (χ3n) is 5.90. The third kappa shape index (κ3) is 4.13. The Morgan fingerprint density at radius 1 is 1.09 bits per heavy atom. The molecule has 180 valence electrons. The first kappa shape index (κ1) is 23.0. The molecule has 1 aliphatic rings. The molecule has 5 nitrogen and oxygen atoms in total. The lowest BCUT2D eigenvalue weighted by Gasteiger charge is -2.25. The van der Waals surface area contributed by atoms with E-state index in [0.717, 1.165) is 23.1 Å². The van der Waals surface area contributed by atoms with Gasteiger partial charge >= 0.3 is 0 Å². The standard InChI is InChI=1S/C24H17F6N5/c1-13-32-33-23-31-21(20-17(26)3-2-4-18(20)35(13)23)34(12-19(27)28)16-10-14(9-15(25)11-16)5-6-24(7-8-24)22(29)30/h2-4,9-11,19,22H,7-8,12H2,1H3. The van der Waals surface area contributed by atoms with Gasteiger partial charge in [-0.3, -0.25) is 4.40 Å². The van der Waals surface area contributed by atoms with Crippen LogP contribution in [-0.2, 0) is 0 Å². The Labute approximate surface area is 195 Å². The lowest BCUT2D eigenvalue weighted by Crippen LogP contribution is -2.26. The largest absolute Gasteiger partial charge is 0.320 e. The number of fused-ring (bicyclic) bond motifs is 3. The fourth-order valence-electron chi connectivity index (χ4n) is 3.96. The van der Waals surface area contributed by atoms with Crippen LogP contribution in [0.1, 0.15) is 24.2 Å². The van der Waals surface area contributed by atoms with Crippen LogP contribution in [-0.4, -0.2) is 39.0 Å². The van der Waals surface area contributed by atoms with Gasteiger partial charge in [0.1, 0.15) is 23.3 Å². The van der Waals surface area contributed by atoms with Gasteiger partial charge in [-0.1, -0.05) is 17.9 Å². The summed E-state index contributed by atoms with van der Waals surface area (Å²) in [6.07, 6.45) is -5.09. The molecule has 0 saturated heterocycles. The molecule has 0 N–H and O–H groups in total. The Balaban J connectivity index is 1.70. The summed E-state index contributed by atoms with van der Waals surface area (Å²) in [6, 6.07) is 7.45. The lowest BCUT2D eigenvalue weighted by atomic mass is 10.1. The average Bonchev–Trinajstić information content (AvgIpc) is 3.52. The normalized spacial score (nSPS) is 14.5. The first-order valence-corrected chi connectivity index (χ1v) is 10.7. The van der Waals surface area contributed by atoms with E-state index in [1.165, 1.54) is 16.5 Å². The summed E-state index contributed by atoms with van der Waals surface area (Å²) >= 11 is 0. The number of benzene rings is 2. The molecule has 4 aromatic rings. The Morgan fingerprint density at radius 3 is 2.54 bits per heavy atom. The van der Waals surface area contributed by atoms with Crippen LogP contribution in [0.25, 0.3) is 16.7 Å². The van der Waals surface area contributed by atoms with E-state index < -0.39 is 36.4 Å². The monoisotopic (exact) mass is 489 g/mol. The van der Waals surface area contributed by atoms with Crippen molar-refractivity contribution in [3.63, 3.8) is 0 Å². The van der Waals surface area contributed by atoms with Crippen molar-refractivity contribution in [2.75, 3.05) is 11.4 Å². The van der Waals surface area contributed by atoms with Gasteiger partial charge in [-0.25, -0.2) is 26.3 Å². The summed E-state index contributed by atoms with van der Waals surface area (Å²) in [5.41, 5.74) is -1.20. The highest BCUT2D eigenvalue weighted by Crippen LogP contribution is 2.50. The number of hydrogen-bond donors (Lipinski definition) is 0. The predicted octanol–water partition coefficient (Wildman–Crippen LogP) is 5.66. The molecule has 2 aromatic heterocycles. The topological polar surface area (TPSA) is 46.3 Å². The zero-order chi connectivity index (χ0) is 24.9. The van der Waals surface area contributed by atoms with Crippen LogP contribution in [0.15, 0.2) is 36.4 Å². The van der Waals surface area contributed by atoms with E-state index in [1.54, 1.807) is 13.0 Å². The Hall–Kier alpha value is -3.81. The minimum atomic E-state index is -2.90. The number of aryl methyl sites for hydroxylation is 1. The van der Waals surface area contributed by atoms with Crippen molar-refractivity contribution in [1.82, 2.24) is 19.6 Å². The van der Waals surface area contributed by atoms with Crippen LogP contribution in [0.5, 0.6) is 0 Å². The number of aromatic nitrogens is 4. The number of hydrogen-bond acceptors (Lipinski definition) is 4. The minimum Gasteiger partial charge on any atom is -0.320 e. The zero-order valence-electron chi connectivity index (χ0n) is 18.2. The number of nitrogens with zero attached hydrogens (tertiary/aromatic N) is 5. The molecule has 11 heteroatoms. The second kappa shape index (κ2) is 8.45. The molecule has 0 amide bonds. The molecule has 2 aromatic carbocycles. The summed E-state index contributed by atoms with van der Waals surface area (Å²) in [5, 5.41) is 7.77. The van der Waals surface area contributed by atoms with Gasteiger partial charge in [-0.2, -0.15) is 4.98 Å². The van der Waals surface area contributed by atoms with Gasteiger partial charge in [-0.05, 0) is 50.1 Å². The van der Waals surface area contributed by atoms with Crippen LogP contribution in [0.2, 0.25) is 0 Å². The van der Waals surface area contributed by atoms with Gasteiger partial charge in [0, 0.05) is 11.3 Å². The molecule has 1 saturated carbocycles. The smallest absolute Gasteiger partial charge is 0.257 e. The molecule has 35 heavy (non-hydrogen) atoms. The number of rotatable bonds is 5. The Bertz CT molecular complexity index is 1500. The van der Waals surface area contributed by atoms with Crippen molar-refractivity contribution in [2.45, 2.75) is 32.6 Å². The fraction of sp³-hybridized carbons (Fsp3) is 0.292. The van der Waals surface area contributed by atoms with E-state index in [1.807, 2.05) is 0 Å². The summed E-state index contributed by atoms with van der Waals surface area (Å²) in [6.45, 7) is 0.684. The summed E-state index contributed by atoms with van der Waals surface area (Å²) in [5.74, 6) is 3.72. The van der Waals surface area contributed by atoms with Crippen LogP contribution < -0.4 is 4.90 Å². The molecular formula is C24H17F6N5. The SMILES string of the molecule is Cc1nnc2nc(N(CC(F)F)c3cc(F)cc(C#CC4(C(F)F)CC4)c3)c3c(F)cccc3n12. The van der Waals surface area contributed by atoms with Gasteiger partial charge in [0.2, 0.25) is 0 Å². The van der Waals surface area contributed by atoms with E-state index in [4.69, 9.17) is 0 Å². The molecule has 1 fully saturated rings. The quantitative estimate of drug-likeness (QED) is 0.268. The van der Waals surface area contributed by atoms with E-state index >= 15 is 4.39 Å². The van der Waals surface area contributed by atoms with E-state index in [9.17, 15) is 22.0 Å². The molecule has 0 radical (unpaired) electrons. The van der Waals surface area contributed by atoms with E-state index in [2.05, 4.69) is 27.0 Å².